The summed E-state index contributed by atoms with van der Waals surface area (Å²) >= 11 is 6.32. The van der Waals surface area contributed by atoms with Crippen LogP contribution in [0.15, 0.2) is 42.5 Å². The van der Waals surface area contributed by atoms with E-state index in [0.29, 0.717) is 27.1 Å². The van der Waals surface area contributed by atoms with Crippen molar-refractivity contribution in [2.75, 3.05) is 6.61 Å². The number of carbonyl (C=O) groups is 2. The molecule has 3 rings (SSSR count). The number of ketones is 1. The first kappa shape index (κ1) is 20.3. The molecule has 0 amide bonds. The predicted octanol–water partition coefficient (Wildman–Crippen LogP) is 4.66. The van der Waals surface area contributed by atoms with Crippen molar-refractivity contribution >= 4 is 34.3 Å². The number of pyridine rings is 1. The monoisotopic (exact) mass is 408 g/mol. The molecule has 1 aromatic heterocycles. The van der Waals surface area contributed by atoms with E-state index in [1.165, 1.54) is 0 Å². The lowest BCUT2D eigenvalue weighted by molar-refractivity contribution is -0.143. The zero-order valence-electron chi connectivity index (χ0n) is 15.6. The molecule has 0 unspecified atom stereocenters. The number of Topliss-reactive ketones (excluding diaryl/α,β-unsaturated/α-hetero) is 1. The third-order valence-corrected chi connectivity index (χ3v) is 4.72. The van der Waals surface area contributed by atoms with Crippen molar-refractivity contribution in [1.29, 1.82) is 5.26 Å². The molecule has 2 aromatic carbocycles. The number of hydrogen-bond acceptors (Lipinski definition) is 6. The molecule has 3 aromatic rings. The first-order valence-electron chi connectivity index (χ1n) is 8.97. The van der Waals surface area contributed by atoms with Crippen LogP contribution in [-0.2, 0) is 9.53 Å². The fourth-order valence-electron chi connectivity index (χ4n) is 3.05. The maximum atomic E-state index is 12.6. The highest BCUT2D eigenvalue weighted by molar-refractivity contribution is 6.33. The summed E-state index contributed by atoms with van der Waals surface area (Å²) in [5, 5.41) is 21.0. The number of rotatable bonds is 6. The van der Waals surface area contributed by atoms with E-state index in [-0.39, 0.29) is 30.7 Å². The molecule has 0 atom stereocenters. The molecule has 0 spiro atoms. The lowest BCUT2D eigenvalue weighted by atomic mass is 9.97. The van der Waals surface area contributed by atoms with Gasteiger partial charge < -0.3 is 9.84 Å². The zero-order chi connectivity index (χ0) is 21.0. The number of carbonyl (C=O) groups excluding carboxylic acids is 2. The van der Waals surface area contributed by atoms with Crippen LogP contribution in [0.1, 0.15) is 35.8 Å². The van der Waals surface area contributed by atoms with Crippen molar-refractivity contribution < 1.29 is 19.4 Å². The zero-order valence-corrected chi connectivity index (χ0v) is 16.4. The number of nitriles is 1. The third kappa shape index (κ3) is 4.05. The van der Waals surface area contributed by atoms with Crippen LogP contribution in [0.2, 0.25) is 5.02 Å². The fourth-order valence-corrected chi connectivity index (χ4v) is 3.29. The Kier molecular flexibility index (Phi) is 6.10. The van der Waals surface area contributed by atoms with Crippen LogP contribution < -0.4 is 0 Å². The fraction of sp³-hybridized carbons (Fsp3) is 0.182. The van der Waals surface area contributed by atoms with Gasteiger partial charge in [-0.1, -0.05) is 48.0 Å². The van der Waals surface area contributed by atoms with Crippen LogP contribution >= 0.6 is 11.6 Å². The summed E-state index contributed by atoms with van der Waals surface area (Å²) in [5.74, 6) is -1.56. The van der Waals surface area contributed by atoms with Crippen molar-refractivity contribution in [3.05, 3.63) is 58.7 Å². The Morgan fingerprint density at radius 3 is 2.55 bits per heavy atom. The molecule has 7 heteroatoms. The van der Waals surface area contributed by atoms with E-state index < -0.39 is 17.5 Å². The second kappa shape index (κ2) is 8.72. The number of nitrogens with zero attached hydrogens (tertiary/aromatic N) is 2. The van der Waals surface area contributed by atoms with Crippen LogP contribution in [0, 0.1) is 11.3 Å². The van der Waals surface area contributed by atoms with Crippen LogP contribution in [0.4, 0.5) is 0 Å². The highest BCUT2D eigenvalue weighted by Crippen LogP contribution is 2.37. The molecule has 146 valence electrons. The van der Waals surface area contributed by atoms with Gasteiger partial charge in [0.2, 0.25) is 0 Å². The minimum Gasteiger partial charge on any atom is -0.504 e. The summed E-state index contributed by atoms with van der Waals surface area (Å²) in [7, 11) is 0. The van der Waals surface area contributed by atoms with Crippen LogP contribution in [-0.4, -0.2) is 28.4 Å². The van der Waals surface area contributed by atoms with Gasteiger partial charge in [0.15, 0.2) is 11.5 Å². The normalized spacial score (nSPS) is 10.5. The summed E-state index contributed by atoms with van der Waals surface area (Å²) in [5.41, 5.74) is 1.38. The van der Waals surface area contributed by atoms with Gasteiger partial charge in [0, 0.05) is 28.0 Å². The molecular formula is C22H17ClN2O4. The minimum atomic E-state index is -0.553. The number of hydrogen-bond donors (Lipinski definition) is 1. The molecule has 1 heterocycles. The Balaban J connectivity index is 2.15. The van der Waals surface area contributed by atoms with E-state index in [2.05, 4.69) is 4.98 Å². The Hall–Kier alpha value is -3.43. The van der Waals surface area contributed by atoms with Crippen molar-refractivity contribution in [3.8, 4) is 22.9 Å². The van der Waals surface area contributed by atoms with E-state index >= 15 is 0 Å². The summed E-state index contributed by atoms with van der Waals surface area (Å²) < 4.78 is 4.82. The second-order valence-corrected chi connectivity index (χ2v) is 6.61. The molecule has 0 bridgehead atoms. The summed E-state index contributed by atoms with van der Waals surface area (Å²) in [6.45, 7) is 1.89. The van der Waals surface area contributed by atoms with Crippen LogP contribution in [0.5, 0.6) is 5.75 Å². The number of para-hydroxylation sites is 1. The molecule has 0 saturated heterocycles. The van der Waals surface area contributed by atoms with Gasteiger partial charge in [0.05, 0.1) is 18.5 Å². The van der Waals surface area contributed by atoms with Crippen molar-refractivity contribution in [2.45, 2.75) is 19.8 Å². The first-order chi connectivity index (χ1) is 14.0. The maximum Gasteiger partial charge on any atom is 0.306 e. The summed E-state index contributed by atoms with van der Waals surface area (Å²) in [6.07, 6.45) is -0.329. The quantitative estimate of drug-likeness (QED) is 0.470. The molecule has 6 nitrogen and oxygen atoms in total. The van der Waals surface area contributed by atoms with E-state index in [1.807, 2.05) is 12.1 Å². The van der Waals surface area contributed by atoms with Gasteiger partial charge in [0.25, 0.3) is 0 Å². The molecular weight excluding hydrogens is 392 g/mol. The Bertz CT molecular complexity index is 1150. The average Bonchev–Trinajstić information content (AvgIpc) is 2.72. The largest absolute Gasteiger partial charge is 0.504 e. The molecule has 0 radical (unpaired) electrons. The molecule has 0 aliphatic heterocycles. The molecule has 0 saturated carbocycles. The molecule has 1 N–H and O–H groups in total. The number of esters is 1. The van der Waals surface area contributed by atoms with E-state index in [1.54, 1.807) is 43.3 Å². The average molecular weight is 409 g/mol. The van der Waals surface area contributed by atoms with Gasteiger partial charge in [-0.25, -0.2) is 4.98 Å². The Labute approximate surface area is 172 Å². The third-order valence-electron chi connectivity index (χ3n) is 4.39. The van der Waals surface area contributed by atoms with Crippen LogP contribution in [0.3, 0.4) is 0 Å². The number of aromatic hydroxyl groups is 1. The number of halogens is 1. The van der Waals surface area contributed by atoms with Crippen LogP contribution in [0.25, 0.3) is 22.0 Å². The van der Waals surface area contributed by atoms with E-state index in [9.17, 15) is 20.0 Å². The smallest absolute Gasteiger partial charge is 0.306 e. The number of aromatic nitrogens is 1. The highest BCUT2D eigenvalue weighted by Gasteiger charge is 2.22. The van der Waals surface area contributed by atoms with Gasteiger partial charge in [-0.15, -0.1) is 0 Å². The number of ether oxygens (including phenoxy) is 1. The molecule has 0 aliphatic rings. The molecule has 29 heavy (non-hydrogen) atoms. The van der Waals surface area contributed by atoms with E-state index in [4.69, 9.17) is 16.3 Å². The summed E-state index contributed by atoms with van der Waals surface area (Å²) in [4.78, 5) is 28.5. The van der Waals surface area contributed by atoms with Gasteiger partial charge in [-0.2, -0.15) is 5.26 Å². The predicted molar refractivity (Wildman–Crippen MR) is 109 cm³/mol. The topological polar surface area (TPSA) is 100 Å². The number of benzene rings is 2. The maximum absolute atomic E-state index is 12.6. The second-order valence-electron chi connectivity index (χ2n) is 6.21. The lowest BCUT2D eigenvalue weighted by Crippen LogP contribution is -2.10. The Morgan fingerprint density at radius 2 is 1.86 bits per heavy atom. The first-order valence-corrected chi connectivity index (χ1v) is 9.35. The molecule has 0 fully saturated rings. The number of fused-ring (bicyclic) bond motifs is 1. The van der Waals surface area contributed by atoms with Gasteiger partial charge in [-0.3, -0.25) is 9.59 Å². The van der Waals surface area contributed by atoms with Gasteiger partial charge in [0.1, 0.15) is 17.3 Å². The van der Waals surface area contributed by atoms with E-state index in [0.717, 1.165) is 0 Å². The lowest BCUT2D eigenvalue weighted by Gasteiger charge is -2.12. The summed E-state index contributed by atoms with van der Waals surface area (Å²) in [6, 6.07) is 14.2. The van der Waals surface area contributed by atoms with Gasteiger partial charge >= 0.3 is 5.97 Å². The molecule has 0 aliphatic carbocycles. The van der Waals surface area contributed by atoms with Gasteiger partial charge in [-0.05, 0) is 13.0 Å². The highest BCUT2D eigenvalue weighted by atomic mass is 35.5. The van der Waals surface area contributed by atoms with Crippen molar-refractivity contribution in [1.82, 2.24) is 4.98 Å². The van der Waals surface area contributed by atoms with Crippen molar-refractivity contribution in [3.63, 3.8) is 0 Å². The minimum absolute atomic E-state index is 0.0524. The Morgan fingerprint density at radius 1 is 1.14 bits per heavy atom. The van der Waals surface area contributed by atoms with Crippen molar-refractivity contribution in [2.24, 2.45) is 0 Å². The standard InChI is InChI=1S/C22H17ClN2O4/c1-2-29-19(27)11-10-18(26)21-22(28)16(12-24)15-8-5-7-14(20(15)25-21)13-6-3-4-9-17(13)23/h3-9,28H,2,10-11H2,1H3. The SMILES string of the molecule is CCOC(=O)CCC(=O)c1nc2c(-c3ccccc3Cl)cccc2c(C#N)c1O.